The summed E-state index contributed by atoms with van der Waals surface area (Å²) in [6.45, 7) is 4.07. The maximum atomic E-state index is 12.7. The highest BCUT2D eigenvalue weighted by molar-refractivity contribution is 7.20. The van der Waals surface area contributed by atoms with E-state index in [0.29, 0.717) is 33.0 Å². The minimum atomic E-state index is -0.980. The van der Waals surface area contributed by atoms with Gasteiger partial charge in [0, 0.05) is 13.0 Å². The van der Waals surface area contributed by atoms with E-state index in [9.17, 15) is 14.4 Å². The highest BCUT2D eigenvalue weighted by Crippen LogP contribution is 2.29. The molecule has 8 nitrogen and oxygen atoms in total. The highest BCUT2D eigenvalue weighted by Gasteiger charge is 2.26. The average Bonchev–Trinajstić information content (AvgIpc) is 3.40. The number of hydrogen-bond acceptors (Lipinski definition) is 7. The second-order valence-corrected chi connectivity index (χ2v) is 7.67. The molecule has 4 heterocycles. The molecule has 9 heteroatoms. The number of hydrogen-bond donors (Lipinski definition) is 1. The number of carbonyl (C=O) groups is 2. The third kappa shape index (κ3) is 3.22. The second kappa shape index (κ2) is 7.23. The number of furan rings is 1. The first kappa shape index (κ1) is 18.4. The van der Waals surface area contributed by atoms with Crippen molar-refractivity contribution < 1.29 is 18.7 Å². The quantitative estimate of drug-likeness (QED) is 0.657. The van der Waals surface area contributed by atoms with Gasteiger partial charge in [-0.15, -0.1) is 11.3 Å². The fraction of sp³-hybridized carbons (Fsp3) is 0.368. The van der Waals surface area contributed by atoms with Crippen LogP contribution in [-0.4, -0.2) is 27.5 Å². The van der Waals surface area contributed by atoms with Crippen LogP contribution in [0.25, 0.3) is 10.2 Å². The summed E-state index contributed by atoms with van der Waals surface area (Å²) in [6, 6.07) is 3.46. The second-order valence-electron chi connectivity index (χ2n) is 6.67. The lowest BCUT2D eigenvalue weighted by Gasteiger charge is -2.12. The minimum absolute atomic E-state index is 0.116. The maximum Gasteiger partial charge on any atom is 0.349 e. The summed E-state index contributed by atoms with van der Waals surface area (Å²) < 4.78 is 12.1. The Hall–Kier alpha value is -2.94. The van der Waals surface area contributed by atoms with E-state index in [0.717, 1.165) is 30.0 Å². The molecule has 0 aliphatic carbocycles. The van der Waals surface area contributed by atoms with Crippen LogP contribution in [0.15, 0.2) is 27.6 Å². The smallest absolute Gasteiger partial charge is 0.349 e. The summed E-state index contributed by atoms with van der Waals surface area (Å²) in [5.41, 5.74) is 0.433. The predicted molar refractivity (Wildman–Crippen MR) is 102 cm³/mol. The normalized spacial score (nSPS) is 14.1. The van der Waals surface area contributed by atoms with Gasteiger partial charge in [-0.3, -0.25) is 14.2 Å². The molecule has 146 valence electrons. The Morgan fingerprint density at radius 1 is 1.46 bits per heavy atom. The van der Waals surface area contributed by atoms with Crippen molar-refractivity contribution in [1.29, 1.82) is 0 Å². The fourth-order valence-electron chi connectivity index (χ4n) is 3.27. The van der Waals surface area contributed by atoms with E-state index in [1.807, 2.05) is 0 Å². The lowest BCUT2D eigenvalue weighted by atomic mass is 10.2. The molecule has 0 fully saturated rings. The number of thiophene rings is 1. The maximum absolute atomic E-state index is 12.7. The van der Waals surface area contributed by atoms with Crippen molar-refractivity contribution in [2.24, 2.45) is 0 Å². The molecule has 0 spiro atoms. The Morgan fingerprint density at radius 2 is 2.29 bits per heavy atom. The first-order valence-corrected chi connectivity index (χ1v) is 9.81. The van der Waals surface area contributed by atoms with Crippen LogP contribution >= 0.6 is 11.3 Å². The van der Waals surface area contributed by atoms with E-state index < -0.39 is 18.0 Å². The Balaban J connectivity index is 1.51. The monoisotopic (exact) mass is 401 g/mol. The molecule has 3 aromatic heterocycles. The molecule has 1 atom stereocenters. The molecule has 0 aromatic carbocycles. The van der Waals surface area contributed by atoms with Gasteiger partial charge in [0.1, 0.15) is 21.3 Å². The minimum Gasteiger partial charge on any atom is -0.467 e. The third-order valence-corrected chi connectivity index (χ3v) is 5.93. The number of amides is 1. The SMILES string of the molecule is Cc1c(C(=O)OC(C)C(=O)NCc2ccco2)sc2nc3n(c(=O)c12)CCC3. The van der Waals surface area contributed by atoms with Gasteiger partial charge in [-0.25, -0.2) is 9.78 Å². The zero-order valence-electron chi connectivity index (χ0n) is 15.5. The first-order chi connectivity index (χ1) is 13.5. The third-order valence-electron chi connectivity index (χ3n) is 4.77. The van der Waals surface area contributed by atoms with Gasteiger partial charge < -0.3 is 14.5 Å². The molecule has 4 rings (SSSR count). The Bertz CT molecular complexity index is 1110. The lowest BCUT2D eigenvalue weighted by molar-refractivity contribution is -0.129. The molecule has 1 N–H and O–H groups in total. The topological polar surface area (TPSA) is 103 Å². The molecule has 28 heavy (non-hydrogen) atoms. The first-order valence-electron chi connectivity index (χ1n) is 8.99. The van der Waals surface area contributed by atoms with Crippen molar-refractivity contribution in [2.45, 2.75) is 45.9 Å². The number of fused-ring (bicyclic) bond motifs is 2. The van der Waals surface area contributed by atoms with Crippen molar-refractivity contribution in [1.82, 2.24) is 14.9 Å². The molecule has 3 aromatic rings. The summed E-state index contributed by atoms with van der Waals surface area (Å²) >= 11 is 1.13. The number of carbonyl (C=O) groups excluding carboxylic acids is 2. The fourth-order valence-corrected chi connectivity index (χ4v) is 4.34. The molecule has 0 saturated carbocycles. The molecular formula is C19H19N3O5S. The van der Waals surface area contributed by atoms with Crippen LogP contribution in [-0.2, 0) is 29.0 Å². The molecule has 0 saturated heterocycles. The molecular weight excluding hydrogens is 382 g/mol. The number of ether oxygens (including phenoxy) is 1. The van der Waals surface area contributed by atoms with Gasteiger partial charge in [0.05, 0.1) is 18.2 Å². The van der Waals surface area contributed by atoms with Crippen molar-refractivity contribution in [3.63, 3.8) is 0 Å². The predicted octanol–water partition coefficient (Wildman–Crippen LogP) is 2.17. The van der Waals surface area contributed by atoms with Crippen LogP contribution in [0.1, 0.15) is 40.2 Å². The summed E-state index contributed by atoms with van der Waals surface area (Å²) in [5, 5.41) is 3.11. The van der Waals surface area contributed by atoms with Gasteiger partial charge in [0.15, 0.2) is 6.10 Å². The van der Waals surface area contributed by atoms with Crippen LogP contribution in [0, 0.1) is 6.92 Å². The van der Waals surface area contributed by atoms with Crippen LogP contribution < -0.4 is 10.9 Å². The summed E-state index contributed by atoms with van der Waals surface area (Å²) in [7, 11) is 0. The standard InChI is InChI=1S/C19H19N3O5S/c1-10-14-17(21-13-6-3-7-22(13)18(14)24)28-15(10)19(25)27-11(2)16(23)20-9-12-5-4-8-26-12/h4-5,8,11H,3,6-7,9H2,1-2H3,(H,20,23). The summed E-state index contributed by atoms with van der Waals surface area (Å²) in [4.78, 5) is 42.8. The lowest BCUT2D eigenvalue weighted by Crippen LogP contribution is -2.35. The largest absolute Gasteiger partial charge is 0.467 e. The molecule has 1 aliphatic heterocycles. The van der Waals surface area contributed by atoms with Gasteiger partial charge in [-0.1, -0.05) is 0 Å². The number of nitrogens with zero attached hydrogens (tertiary/aromatic N) is 2. The van der Waals surface area contributed by atoms with Crippen molar-refractivity contribution in [3.05, 3.63) is 50.8 Å². The van der Waals surface area contributed by atoms with Gasteiger partial charge in [-0.05, 0) is 38.0 Å². The van der Waals surface area contributed by atoms with E-state index in [1.54, 1.807) is 23.6 Å². The van der Waals surface area contributed by atoms with E-state index in [4.69, 9.17) is 9.15 Å². The van der Waals surface area contributed by atoms with E-state index in [1.165, 1.54) is 13.2 Å². The van der Waals surface area contributed by atoms with Gasteiger partial charge in [0.2, 0.25) is 0 Å². The van der Waals surface area contributed by atoms with E-state index in [-0.39, 0.29) is 12.1 Å². The van der Waals surface area contributed by atoms with Gasteiger partial charge in [0.25, 0.3) is 11.5 Å². The number of nitrogens with one attached hydrogen (secondary N) is 1. The number of aryl methyl sites for hydroxylation is 2. The molecule has 1 aliphatic rings. The molecule has 0 radical (unpaired) electrons. The average molecular weight is 401 g/mol. The van der Waals surface area contributed by atoms with Gasteiger partial charge in [-0.2, -0.15) is 0 Å². The zero-order chi connectivity index (χ0) is 19.8. The van der Waals surface area contributed by atoms with Crippen LogP contribution in [0.3, 0.4) is 0 Å². The van der Waals surface area contributed by atoms with Gasteiger partial charge >= 0.3 is 5.97 Å². The van der Waals surface area contributed by atoms with Crippen molar-refractivity contribution in [3.8, 4) is 0 Å². The van der Waals surface area contributed by atoms with E-state index >= 15 is 0 Å². The Labute approximate surface area is 164 Å². The molecule has 1 amide bonds. The highest BCUT2D eigenvalue weighted by atomic mass is 32.1. The Morgan fingerprint density at radius 3 is 3.04 bits per heavy atom. The van der Waals surface area contributed by atoms with Crippen molar-refractivity contribution in [2.75, 3.05) is 0 Å². The van der Waals surface area contributed by atoms with E-state index in [2.05, 4.69) is 10.3 Å². The van der Waals surface area contributed by atoms with Crippen LogP contribution in [0.5, 0.6) is 0 Å². The number of rotatable bonds is 5. The molecule has 0 bridgehead atoms. The number of esters is 1. The summed E-state index contributed by atoms with van der Waals surface area (Å²) in [6.07, 6.45) is 2.19. The van der Waals surface area contributed by atoms with Crippen molar-refractivity contribution >= 4 is 33.4 Å². The Kier molecular flexibility index (Phi) is 4.76. The summed E-state index contributed by atoms with van der Waals surface area (Å²) in [5.74, 6) is 0.294. The number of aromatic nitrogens is 2. The zero-order valence-corrected chi connectivity index (χ0v) is 16.3. The van der Waals surface area contributed by atoms with Crippen LogP contribution in [0.2, 0.25) is 0 Å². The van der Waals surface area contributed by atoms with Crippen LogP contribution in [0.4, 0.5) is 0 Å². The molecule has 1 unspecified atom stereocenters.